The van der Waals surface area contributed by atoms with E-state index in [-0.39, 0.29) is 12.4 Å². The second-order valence-corrected chi connectivity index (χ2v) is 4.83. The van der Waals surface area contributed by atoms with Crippen LogP contribution in [0.4, 0.5) is 0 Å². The summed E-state index contributed by atoms with van der Waals surface area (Å²) in [6.45, 7) is 4.72. The highest BCUT2D eigenvalue weighted by molar-refractivity contribution is 5.85. The summed E-state index contributed by atoms with van der Waals surface area (Å²) in [6.07, 6.45) is 7.79. The largest absolute Gasteiger partial charge is 0.343 e. The van der Waals surface area contributed by atoms with Crippen LogP contribution in [0.25, 0.3) is 0 Å². The van der Waals surface area contributed by atoms with Gasteiger partial charge in [0, 0.05) is 19.5 Å². The smallest absolute Gasteiger partial charge is 0.222 e. The summed E-state index contributed by atoms with van der Waals surface area (Å²) in [7, 11) is 0. The Labute approximate surface area is 112 Å². The molecule has 1 aliphatic carbocycles. The molecule has 3 nitrogen and oxygen atoms in total. The summed E-state index contributed by atoms with van der Waals surface area (Å²) in [5.74, 6) is 1.16. The number of nitrogens with two attached hydrogens (primary N) is 1. The average molecular weight is 263 g/mol. The summed E-state index contributed by atoms with van der Waals surface area (Å²) in [5, 5.41) is 0. The van der Waals surface area contributed by atoms with Gasteiger partial charge in [-0.25, -0.2) is 0 Å². The van der Waals surface area contributed by atoms with Crippen LogP contribution in [0.5, 0.6) is 0 Å². The third kappa shape index (κ3) is 7.61. The summed E-state index contributed by atoms with van der Waals surface area (Å²) < 4.78 is 0. The van der Waals surface area contributed by atoms with Gasteiger partial charge in [0.25, 0.3) is 0 Å². The molecule has 1 saturated carbocycles. The fraction of sp³-hybridized carbons (Fsp3) is 0.923. The average Bonchev–Trinajstić information content (AvgIpc) is 3.09. The number of rotatable bonds is 9. The number of amides is 1. The topological polar surface area (TPSA) is 46.3 Å². The Kier molecular flexibility index (Phi) is 9.56. The van der Waals surface area contributed by atoms with Gasteiger partial charge >= 0.3 is 0 Å². The van der Waals surface area contributed by atoms with Crippen molar-refractivity contribution in [2.24, 2.45) is 11.7 Å². The molecule has 0 atom stereocenters. The third-order valence-electron chi connectivity index (χ3n) is 3.25. The first-order valence-electron chi connectivity index (χ1n) is 6.75. The lowest BCUT2D eigenvalue weighted by atomic mass is 10.1. The van der Waals surface area contributed by atoms with Crippen molar-refractivity contribution in [2.45, 2.75) is 51.9 Å². The Morgan fingerprint density at radius 2 is 1.88 bits per heavy atom. The minimum atomic E-state index is 0. The fourth-order valence-corrected chi connectivity index (χ4v) is 1.95. The molecular formula is C13H27ClN2O. The first-order valence-corrected chi connectivity index (χ1v) is 6.75. The van der Waals surface area contributed by atoms with Crippen molar-refractivity contribution in [3.8, 4) is 0 Å². The van der Waals surface area contributed by atoms with Gasteiger partial charge < -0.3 is 10.6 Å². The molecule has 1 aliphatic rings. The minimum absolute atomic E-state index is 0. The van der Waals surface area contributed by atoms with Crippen molar-refractivity contribution in [3.05, 3.63) is 0 Å². The van der Waals surface area contributed by atoms with Crippen LogP contribution in [0.2, 0.25) is 0 Å². The molecule has 4 heteroatoms. The standard InChI is InChI=1S/C13H26N2O.ClH/c1-2-15(11-12-8-9-12)13(16)7-5-3-4-6-10-14;/h12H,2-11,14H2,1H3;1H. The Morgan fingerprint density at radius 3 is 2.41 bits per heavy atom. The molecule has 1 amide bonds. The predicted octanol–water partition coefficient (Wildman–Crippen LogP) is 2.58. The number of carbonyl (C=O) groups is 1. The number of halogens is 1. The van der Waals surface area contributed by atoms with Crippen LogP contribution >= 0.6 is 12.4 Å². The van der Waals surface area contributed by atoms with E-state index in [1.165, 1.54) is 19.3 Å². The molecule has 0 heterocycles. The maximum absolute atomic E-state index is 11.9. The molecule has 0 aromatic carbocycles. The fourth-order valence-electron chi connectivity index (χ4n) is 1.95. The zero-order chi connectivity index (χ0) is 11.8. The minimum Gasteiger partial charge on any atom is -0.343 e. The number of unbranched alkanes of at least 4 members (excludes halogenated alkanes) is 3. The molecule has 0 saturated heterocycles. The van der Waals surface area contributed by atoms with Crippen molar-refractivity contribution in [1.82, 2.24) is 4.90 Å². The van der Waals surface area contributed by atoms with E-state index in [9.17, 15) is 4.79 Å². The number of hydrogen-bond acceptors (Lipinski definition) is 2. The van der Waals surface area contributed by atoms with Crippen LogP contribution in [0, 0.1) is 5.92 Å². The second-order valence-electron chi connectivity index (χ2n) is 4.83. The molecule has 0 spiro atoms. The highest BCUT2D eigenvalue weighted by Crippen LogP contribution is 2.29. The van der Waals surface area contributed by atoms with Gasteiger partial charge in [0.05, 0.1) is 0 Å². The maximum atomic E-state index is 11.9. The normalized spacial score (nSPS) is 14.2. The van der Waals surface area contributed by atoms with E-state index in [1.807, 2.05) is 4.90 Å². The molecule has 0 aliphatic heterocycles. The van der Waals surface area contributed by atoms with Crippen LogP contribution in [0.15, 0.2) is 0 Å². The van der Waals surface area contributed by atoms with E-state index >= 15 is 0 Å². The van der Waals surface area contributed by atoms with Crippen molar-refractivity contribution in [1.29, 1.82) is 0 Å². The lowest BCUT2D eigenvalue weighted by Gasteiger charge is -2.20. The summed E-state index contributed by atoms with van der Waals surface area (Å²) in [5.41, 5.74) is 5.43. The first-order chi connectivity index (χ1) is 7.77. The van der Waals surface area contributed by atoms with E-state index in [2.05, 4.69) is 6.92 Å². The SMILES string of the molecule is CCN(CC1CC1)C(=O)CCCCCCN.Cl. The number of carbonyl (C=O) groups excluding carboxylic acids is 1. The highest BCUT2D eigenvalue weighted by atomic mass is 35.5. The molecule has 0 bridgehead atoms. The quantitative estimate of drug-likeness (QED) is 0.649. The molecule has 0 unspecified atom stereocenters. The van der Waals surface area contributed by atoms with Gasteiger partial charge in [-0.1, -0.05) is 12.8 Å². The monoisotopic (exact) mass is 262 g/mol. The molecule has 0 radical (unpaired) electrons. The van der Waals surface area contributed by atoms with E-state index in [0.717, 1.165) is 51.2 Å². The second kappa shape index (κ2) is 9.72. The summed E-state index contributed by atoms with van der Waals surface area (Å²) in [6, 6.07) is 0. The van der Waals surface area contributed by atoms with E-state index in [1.54, 1.807) is 0 Å². The van der Waals surface area contributed by atoms with Gasteiger partial charge in [-0.3, -0.25) is 4.79 Å². The van der Waals surface area contributed by atoms with Crippen molar-refractivity contribution >= 4 is 18.3 Å². The van der Waals surface area contributed by atoms with Gasteiger partial charge in [-0.15, -0.1) is 12.4 Å². The molecule has 2 N–H and O–H groups in total. The molecule has 0 aromatic rings. The molecule has 102 valence electrons. The Balaban J connectivity index is 0.00000256. The van der Waals surface area contributed by atoms with Crippen LogP contribution in [-0.2, 0) is 4.79 Å². The van der Waals surface area contributed by atoms with Crippen molar-refractivity contribution < 1.29 is 4.79 Å². The molecule has 1 fully saturated rings. The molecule has 17 heavy (non-hydrogen) atoms. The maximum Gasteiger partial charge on any atom is 0.222 e. The van der Waals surface area contributed by atoms with E-state index < -0.39 is 0 Å². The Bertz CT molecular complexity index is 208. The zero-order valence-corrected chi connectivity index (χ0v) is 11.8. The summed E-state index contributed by atoms with van der Waals surface area (Å²) >= 11 is 0. The van der Waals surface area contributed by atoms with Gasteiger partial charge in [-0.05, 0) is 45.1 Å². The summed E-state index contributed by atoms with van der Waals surface area (Å²) in [4.78, 5) is 13.9. The first kappa shape index (κ1) is 16.7. The van der Waals surface area contributed by atoms with Crippen molar-refractivity contribution in [2.75, 3.05) is 19.6 Å². The van der Waals surface area contributed by atoms with Gasteiger partial charge in [0.1, 0.15) is 0 Å². The van der Waals surface area contributed by atoms with E-state index in [4.69, 9.17) is 5.73 Å². The third-order valence-corrected chi connectivity index (χ3v) is 3.25. The van der Waals surface area contributed by atoms with E-state index in [0.29, 0.717) is 5.91 Å². The van der Waals surface area contributed by atoms with Crippen LogP contribution < -0.4 is 5.73 Å². The Hall–Kier alpha value is -0.280. The number of nitrogens with zero attached hydrogens (tertiary/aromatic N) is 1. The number of hydrogen-bond donors (Lipinski definition) is 1. The molecule has 1 rings (SSSR count). The lowest BCUT2D eigenvalue weighted by Crippen LogP contribution is -2.32. The highest BCUT2D eigenvalue weighted by Gasteiger charge is 2.25. The van der Waals surface area contributed by atoms with Crippen LogP contribution in [0.1, 0.15) is 51.9 Å². The van der Waals surface area contributed by atoms with Crippen LogP contribution in [0.3, 0.4) is 0 Å². The van der Waals surface area contributed by atoms with Gasteiger partial charge in [0.2, 0.25) is 5.91 Å². The van der Waals surface area contributed by atoms with Crippen LogP contribution in [-0.4, -0.2) is 30.4 Å². The Morgan fingerprint density at radius 1 is 1.24 bits per heavy atom. The zero-order valence-electron chi connectivity index (χ0n) is 11.0. The molecule has 0 aromatic heterocycles. The molecular weight excluding hydrogens is 236 g/mol. The van der Waals surface area contributed by atoms with Gasteiger partial charge in [-0.2, -0.15) is 0 Å². The van der Waals surface area contributed by atoms with Crippen molar-refractivity contribution in [3.63, 3.8) is 0 Å². The van der Waals surface area contributed by atoms with Gasteiger partial charge in [0.15, 0.2) is 0 Å². The predicted molar refractivity (Wildman–Crippen MR) is 74.4 cm³/mol. The lowest BCUT2D eigenvalue weighted by molar-refractivity contribution is -0.131.